The van der Waals surface area contributed by atoms with Crippen LogP contribution in [0.1, 0.15) is 4.88 Å². The van der Waals surface area contributed by atoms with Crippen molar-refractivity contribution in [3.05, 3.63) is 17.1 Å². The van der Waals surface area contributed by atoms with E-state index in [-0.39, 0.29) is 5.95 Å². The number of nitrogen functional groups attached to an aromatic ring is 1. The van der Waals surface area contributed by atoms with Crippen molar-refractivity contribution in [2.45, 2.75) is 6.54 Å². The molecule has 2 fully saturated rings. The Morgan fingerprint density at radius 1 is 1.11 bits per heavy atom. The Kier molecular flexibility index (Phi) is 6.72. The molecule has 0 aromatic carbocycles. The van der Waals surface area contributed by atoms with Crippen LogP contribution in [-0.4, -0.2) is 103 Å². The first-order chi connectivity index (χ1) is 16.8. The lowest BCUT2D eigenvalue weighted by Gasteiger charge is -2.32. The van der Waals surface area contributed by atoms with Gasteiger partial charge in [-0.2, -0.15) is 9.29 Å². The van der Waals surface area contributed by atoms with E-state index in [0.717, 1.165) is 40.5 Å². The van der Waals surface area contributed by atoms with E-state index >= 15 is 0 Å². The van der Waals surface area contributed by atoms with Crippen molar-refractivity contribution in [3.8, 4) is 17.3 Å². The summed E-state index contributed by atoms with van der Waals surface area (Å²) < 4.78 is 37.2. The molecule has 188 valence electrons. The van der Waals surface area contributed by atoms with Gasteiger partial charge in [0, 0.05) is 56.9 Å². The smallest absolute Gasteiger partial charge is 0.229 e. The average molecular weight is 521 g/mol. The van der Waals surface area contributed by atoms with E-state index in [1.807, 2.05) is 0 Å². The number of thiophene rings is 1. The van der Waals surface area contributed by atoms with Gasteiger partial charge in [-0.25, -0.2) is 23.4 Å². The molecule has 0 atom stereocenters. The summed E-state index contributed by atoms with van der Waals surface area (Å²) in [4.78, 5) is 23.7. The highest BCUT2D eigenvalue weighted by Gasteiger charge is 2.25. The van der Waals surface area contributed by atoms with E-state index in [1.54, 1.807) is 17.5 Å². The molecule has 2 saturated heterocycles. The summed E-state index contributed by atoms with van der Waals surface area (Å²) in [5, 5.41) is 0. The summed E-state index contributed by atoms with van der Waals surface area (Å²) in [6, 6.07) is 2.09. The lowest BCUT2D eigenvalue weighted by atomic mass is 10.2. The van der Waals surface area contributed by atoms with E-state index in [2.05, 4.69) is 25.8 Å². The number of rotatable bonds is 6. The second kappa shape index (κ2) is 9.78. The molecule has 0 saturated carbocycles. The number of sulfonamides is 1. The molecule has 12 nitrogen and oxygen atoms in total. The number of fused-ring (bicyclic) bond motifs is 1. The number of anilines is 2. The minimum Gasteiger partial charge on any atom is -0.480 e. The van der Waals surface area contributed by atoms with Crippen LogP contribution < -0.4 is 15.4 Å². The summed E-state index contributed by atoms with van der Waals surface area (Å²) in [5.74, 6) is 1.77. The van der Waals surface area contributed by atoms with Crippen molar-refractivity contribution in [1.82, 2.24) is 29.1 Å². The Morgan fingerprint density at radius 3 is 2.54 bits per heavy atom. The molecule has 2 aliphatic rings. The Bertz CT molecular complexity index is 1320. The number of nitrogens with zero attached hydrogens (tertiary/aromatic N) is 7. The third kappa shape index (κ3) is 5.16. The lowest BCUT2D eigenvalue weighted by molar-refractivity contribution is 0.122. The molecule has 3 aromatic rings. The Hall–Kier alpha value is -2.65. The van der Waals surface area contributed by atoms with Gasteiger partial charge in [-0.1, -0.05) is 0 Å². The molecule has 0 aliphatic carbocycles. The quantitative estimate of drug-likeness (QED) is 0.490. The van der Waals surface area contributed by atoms with Gasteiger partial charge in [0.1, 0.15) is 0 Å². The number of morpholine rings is 1. The fourth-order valence-electron chi connectivity index (χ4n) is 4.28. The van der Waals surface area contributed by atoms with Crippen LogP contribution >= 0.6 is 11.3 Å². The average Bonchev–Trinajstić information content (AvgIpc) is 3.26. The molecular weight excluding hydrogens is 492 g/mol. The highest BCUT2D eigenvalue weighted by atomic mass is 32.2. The van der Waals surface area contributed by atoms with Gasteiger partial charge < -0.3 is 20.1 Å². The third-order valence-electron chi connectivity index (χ3n) is 6.10. The lowest BCUT2D eigenvalue weighted by Crippen LogP contribution is -2.47. The highest BCUT2D eigenvalue weighted by Crippen LogP contribution is 2.36. The maximum atomic E-state index is 11.8. The summed E-state index contributed by atoms with van der Waals surface area (Å²) in [5.41, 5.74) is 7.15. The van der Waals surface area contributed by atoms with E-state index in [1.165, 1.54) is 17.7 Å². The van der Waals surface area contributed by atoms with Crippen LogP contribution in [0.2, 0.25) is 0 Å². The van der Waals surface area contributed by atoms with Crippen molar-refractivity contribution in [1.29, 1.82) is 0 Å². The van der Waals surface area contributed by atoms with Crippen molar-refractivity contribution < 1.29 is 17.9 Å². The number of nitrogens with two attached hydrogens (primary N) is 1. The van der Waals surface area contributed by atoms with Crippen LogP contribution in [0.5, 0.6) is 5.88 Å². The van der Waals surface area contributed by atoms with Gasteiger partial charge >= 0.3 is 0 Å². The summed E-state index contributed by atoms with van der Waals surface area (Å²) in [6.45, 7) is 5.86. The Balaban J connectivity index is 1.49. The first-order valence-electron chi connectivity index (χ1n) is 11.3. The predicted octanol–water partition coefficient (Wildman–Crippen LogP) is 0.653. The monoisotopic (exact) mass is 520 g/mol. The van der Waals surface area contributed by atoms with Crippen LogP contribution in [0.25, 0.3) is 21.6 Å². The molecule has 0 radical (unpaired) electrons. The normalized spacial score (nSPS) is 18.3. The van der Waals surface area contributed by atoms with Crippen molar-refractivity contribution in [2.75, 3.05) is 76.5 Å². The van der Waals surface area contributed by atoms with Crippen molar-refractivity contribution in [2.24, 2.45) is 0 Å². The molecule has 5 heterocycles. The molecular formula is C21H28N8O4S2. The van der Waals surface area contributed by atoms with Gasteiger partial charge in [0.25, 0.3) is 0 Å². The number of piperazine rings is 1. The van der Waals surface area contributed by atoms with Gasteiger partial charge in [0.05, 0.1) is 42.4 Å². The molecule has 14 heteroatoms. The SMILES string of the molecule is COc1nc(N)ncc1-c1nc(N2CCOCC2)c2sc(CN3CCN(S(C)(=O)=O)CC3)cc2n1. The molecule has 2 aliphatic heterocycles. The second-order valence-corrected chi connectivity index (χ2v) is 11.6. The predicted molar refractivity (Wildman–Crippen MR) is 134 cm³/mol. The van der Waals surface area contributed by atoms with E-state index < -0.39 is 10.0 Å². The molecule has 0 bridgehead atoms. The number of hydrogen-bond donors (Lipinski definition) is 1. The zero-order valence-electron chi connectivity index (χ0n) is 19.7. The zero-order valence-corrected chi connectivity index (χ0v) is 21.3. The molecule has 3 aromatic heterocycles. The highest BCUT2D eigenvalue weighted by molar-refractivity contribution is 7.88. The molecule has 0 unspecified atom stereocenters. The number of hydrogen-bond acceptors (Lipinski definition) is 12. The number of ether oxygens (including phenoxy) is 2. The fraction of sp³-hybridized carbons (Fsp3) is 0.524. The number of methoxy groups -OCH3 is 1. The van der Waals surface area contributed by atoms with Crippen molar-refractivity contribution in [3.63, 3.8) is 0 Å². The summed E-state index contributed by atoms with van der Waals surface area (Å²) in [6.07, 6.45) is 2.85. The van der Waals surface area contributed by atoms with Gasteiger partial charge in [-0.3, -0.25) is 4.90 Å². The standard InChI is InChI=1S/C21H28N8O4S2/c1-32-20-15(12-23-21(22)26-20)18-24-16-11-14(13-27-3-5-29(6-4-27)35(2,30)31)34-17(16)19(25-18)28-7-9-33-10-8-28/h11-12H,3-10,13H2,1-2H3,(H2,22,23,26). The second-order valence-electron chi connectivity index (χ2n) is 8.49. The molecule has 0 spiro atoms. The topological polar surface area (TPSA) is 140 Å². The minimum absolute atomic E-state index is 0.119. The first-order valence-corrected chi connectivity index (χ1v) is 14.0. The molecule has 5 rings (SSSR count). The van der Waals surface area contributed by atoms with Gasteiger partial charge in [-0.15, -0.1) is 11.3 Å². The van der Waals surface area contributed by atoms with E-state index in [4.69, 9.17) is 25.2 Å². The number of aromatic nitrogens is 4. The van der Waals surface area contributed by atoms with Crippen molar-refractivity contribution >= 4 is 43.3 Å². The summed E-state index contributed by atoms with van der Waals surface area (Å²) >= 11 is 1.67. The van der Waals surface area contributed by atoms with Gasteiger partial charge in [0.15, 0.2) is 11.6 Å². The van der Waals surface area contributed by atoms with Crippen LogP contribution in [-0.2, 0) is 21.3 Å². The van der Waals surface area contributed by atoms with E-state index in [9.17, 15) is 8.42 Å². The molecule has 35 heavy (non-hydrogen) atoms. The first kappa shape index (κ1) is 24.1. The maximum Gasteiger partial charge on any atom is 0.229 e. The fourth-order valence-corrected chi connectivity index (χ4v) is 6.26. The Labute approximate surface area is 207 Å². The van der Waals surface area contributed by atoms with E-state index in [0.29, 0.717) is 56.7 Å². The summed E-state index contributed by atoms with van der Waals surface area (Å²) in [7, 11) is -1.63. The molecule has 0 amide bonds. The minimum atomic E-state index is -3.15. The van der Waals surface area contributed by atoms with Gasteiger partial charge in [0.2, 0.25) is 21.9 Å². The van der Waals surface area contributed by atoms with Crippen LogP contribution in [0.3, 0.4) is 0 Å². The zero-order chi connectivity index (χ0) is 24.6. The van der Waals surface area contributed by atoms with Gasteiger partial charge in [-0.05, 0) is 6.07 Å². The third-order valence-corrected chi connectivity index (χ3v) is 8.51. The Morgan fingerprint density at radius 2 is 1.86 bits per heavy atom. The molecule has 2 N–H and O–H groups in total. The van der Waals surface area contributed by atoms with Crippen LogP contribution in [0.4, 0.5) is 11.8 Å². The maximum absolute atomic E-state index is 11.8. The largest absolute Gasteiger partial charge is 0.480 e. The van der Waals surface area contributed by atoms with Crippen LogP contribution in [0.15, 0.2) is 12.3 Å². The van der Waals surface area contributed by atoms with Crippen LogP contribution in [0, 0.1) is 0 Å².